The van der Waals surface area contributed by atoms with Crippen molar-refractivity contribution < 1.29 is 27.9 Å². The molecule has 0 aliphatic carbocycles. The SMILES string of the molecule is Cc1ccc(CN2C(=NC(=O)COCC(=O)O)S[C@@H]3CS(=O)(=O)C[C@@H]32)cc1. The molecule has 0 unspecified atom stereocenters. The normalized spacial score (nSPS) is 24.9. The zero-order chi connectivity index (χ0) is 19.6. The summed E-state index contributed by atoms with van der Waals surface area (Å²) < 4.78 is 28.8. The average molecular weight is 412 g/mol. The lowest BCUT2D eigenvalue weighted by atomic mass is 10.1. The second kappa shape index (κ2) is 7.99. The van der Waals surface area contributed by atoms with Gasteiger partial charge in [0.05, 0.1) is 17.5 Å². The predicted octanol–water partition coefficient (Wildman–Crippen LogP) is 0.693. The largest absolute Gasteiger partial charge is 0.480 e. The number of hydrogen-bond acceptors (Lipinski definition) is 6. The molecule has 2 aliphatic heterocycles. The van der Waals surface area contributed by atoms with Crippen molar-refractivity contribution >= 4 is 38.6 Å². The van der Waals surface area contributed by atoms with E-state index in [9.17, 15) is 18.0 Å². The molecule has 2 aliphatic rings. The maximum Gasteiger partial charge on any atom is 0.329 e. The molecule has 10 heteroatoms. The maximum absolute atomic E-state index is 12.0. The summed E-state index contributed by atoms with van der Waals surface area (Å²) in [6.45, 7) is 1.44. The number of carboxylic acid groups (broad SMARTS) is 1. The fourth-order valence-corrected chi connectivity index (χ4v) is 7.04. The molecule has 27 heavy (non-hydrogen) atoms. The standard InChI is InChI=1S/C17H20N2O6S2/c1-11-2-4-12(5-3-11)6-19-13-9-27(23,24)10-14(13)26-17(19)18-15(20)7-25-8-16(21)22/h2-5,13-14H,6-10H2,1H3,(H,21,22)/t13-,14+/m0/s1. The quantitative estimate of drug-likeness (QED) is 0.726. The van der Waals surface area contributed by atoms with Crippen LogP contribution in [0.3, 0.4) is 0 Å². The molecule has 2 atom stereocenters. The summed E-state index contributed by atoms with van der Waals surface area (Å²) in [5.74, 6) is -1.64. The first-order valence-corrected chi connectivity index (χ1v) is 11.0. The van der Waals surface area contributed by atoms with Crippen LogP contribution in [0.5, 0.6) is 0 Å². The monoisotopic (exact) mass is 412 g/mol. The summed E-state index contributed by atoms with van der Waals surface area (Å²) in [5, 5.41) is 8.86. The Kier molecular flexibility index (Phi) is 5.87. The molecule has 1 aromatic carbocycles. The van der Waals surface area contributed by atoms with E-state index in [4.69, 9.17) is 9.84 Å². The number of aryl methyl sites for hydroxylation is 1. The van der Waals surface area contributed by atoms with Crippen LogP contribution in [-0.4, -0.2) is 71.5 Å². The number of rotatable bonds is 6. The Morgan fingerprint density at radius 1 is 1.26 bits per heavy atom. The third-order valence-electron chi connectivity index (χ3n) is 4.32. The zero-order valence-electron chi connectivity index (χ0n) is 14.7. The van der Waals surface area contributed by atoms with Crippen molar-refractivity contribution in [1.29, 1.82) is 0 Å². The molecule has 0 aromatic heterocycles. The fourth-order valence-electron chi connectivity index (χ4n) is 3.08. The number of hydrogen-bond donors (Lipinski definition) is 1. The van der Waals surface area contributed by atoms with Crippen molar-refractivity contribution in [2.24, 2.45) is 4.99 Å². The van der Waals surface area contributed by atoms with Crippen molar-refractivity contribution in [1.82, 2.24) is 4.90 Å². The van der Waals surface area contributed by atoms with E-state index in [1.54, 1.807) is 0 Å². The minimum absolute atomic E-state index is 0.0409. The van der Waals surface area contributed by atoms with Crippen molar-refractivity contribution in [2.75, 3.05) is 24.7 Å². The van der Waals surface area contributed by atoms with Crippen molar-refractivity contribution in [2.45, 2.75) is 24.8 Å². The fraction of sp³-hybridized carbons (Fsp3) is 0.471. The van der Waals surface area contributed by atoms with Crippen molar-refractivity contribution in [3.63, 3.8) is 0 Å². The van der Waals surface area contributed by atoms with Gasteiger partial charge < -0.3 is 14.7 Å². The third-order valence-corrected chi connectivity index (χ3v) is 7.57. The molecule has 1 aromatic rings. The molecular weight excluding hydrogens is 392 g/mol. The van der Waals surface area contributed by atoms with Crippen LogP contribution >= 0.6 is 11.8 Å². The summed E-state index contributed by atoms with van der Waals surface area (Å²) >= 11 is 1.29. The molecule has 0 spiro atoms. The molecule has 146 valence electrons. The van der Waals surface area contributed by atoms with Crippen LogP contribution in [0.15, 0.2) is 29.3 Å². The molecule has 8 nitrogen and oxygen atoms in total. The van der Waals surface area contributed by atoms with E-state index < -0.39 is 34.9 Å². The average Bonchev–Trinajstić information content (AvgIpc) is 3.02. The number of benzene rings is 1. The molecule has 0 radical (unpaired) electrons. The highest BCUT2D eigenvalue weighted by molar-refractivity contribution is 8.15. The van der Waals surface area contributed by atoms with Crippen LogP contribution in [-0.2, 0) is 30.7 Å². The lowest BCUT2D eigenvalue weighted by Crippen LogP contribution is -2.37. The molecule has 0 saturated carbocycles. The number of carbonyl (C=O) groups is 2. The van der Waals surface area contributed by atoms with Crippen LogP contribution in [0.2, 0.25) is 0 Å². The Morgan fingerprint density at radius 2 is 1.96 bits per heavy atom. The Balaban J connectivity index is 1.77. The van der Waals surface area contributed by atoms with Gasteiger partial charge in [0.1, 0.15) is 13.2 Å². The molecule has 2 saturated heterocycles. The van der Waals surface area contributed by atoms with Gasteiger partial charge in [-0.25, -0.2) is 13.2 Å². The second-order valence-electron chi connectivity index (χ2n) is 6.59. The van der Waals surface area contributed by atoms with Crippen LogP contribution < -0.4 is 0 Å². The number of sulfone groups is 1. The van der Waals surface area contributed by atoms with Gasteiger partial charge >= 0.3 is 5.97 Å². The molecule has 0 bridgehead atoms. The molecular formula is C17H20N2O6S2. The highest BCUT2D eigenvalue weighted by Crippen LogP contribution is 2.39. The van der Waals surface area contributed by atoms with Gasteiger partial charge in [-0.2, -0.15) is 4.99 Å². The van der Waals surface area contributed by atoms with Crippen LogP contribution in [0.4, 0.5) is 0 Å². The Bertz CT molecular complexity index is 866. The van der Waals surface area contributed by atoms with Crippen LogP contribution in [0.25, 0.3) is 0 Å². The molecule has 3 rings (SSSR count). The van der Waals surface area contributed by atoms with Gasteiger partial charge in [-0.3, -0.25) is 4.79 Å². The summed E-state index contributed by atoms with van der Waals surface area (Å²) in [6.07, 6.45) is 0. The number of ether oxygens (including phenoxy) is 1. The Morgan fingerprint density at radius 3 is 2.63 bits per heavy atom. The van der Waals surface area contributed by atoms with Gasteiger partial charge in [0, 0.05) is 11.8 Å². The van der Waals surface area contributed by atoms with E-state index in [1.807, 2.05) is 36.1 Å². The van der Waals surface area contributed by atoms with Crippen LogP contribution in [0, 0.1) is 6.92 Å². The lowest BCUT2D eigenvalue weighted by Gasteiger charge is -2.24. The number of amides is 1. The lowest BCUT2D eigenvalue weighted by molar-refractivity contribution is -0.143. The van der Waals surface area contributed by atoms with E-state index in [2.05, 4.69) is 4.99 Å². The number of fused-ring (bicyclic) bond motifs is 1. The molecule has 2 heterocycles. The maximum atomic E-state index is 12.0. The smallest absolute Gasteiger partial charge is 0.329 e. The van der Waals surface area contributed by atoms with E-state index in [0.29, 0.717) is 11.7 Å². The number of carboxylic acids is 1. The van der Waals surface area contributed by atoms with Gasteiger partial charge in [0.25, 0.3) is 5.91 Å². The third kappa shape index (κ3) is 5.08. The van der Waals surface area contributed by atoms with Gasteiger partial charge in [0.15, 0.2) is 15.0 Å². The number of aliphatic carboxylic acids is 1. The summed E-state index contributed by atoms with van der Waals surface area (Å²) in [6, 6.07) is 7.65. The predicted molar refractivity (Wildman–Crippen MR) is 101 cm³/mol. The number of carbonyl (C=O) groups excluding carboxylic acids is 1. The second-order valence-corrected chi connectivity index (χ2v) is 9.95. The van der Waals surface area contributed by atoms with Crippen molar-refractivity contribution in [3.05, 3.63) is 35.4 Å². The number of aliphatic imine (C=N–C) groups is 1. The first kappa shape index (κ1) is 19.8. The number of thioether (sulfide) groups is 1. The summed E-state index contributed by atoms with van der Waals surface area (Å²) in [7, 11) is -3.11. The summed E-state index contributed by atoms with van der Waals surface area (Å²) in [4.78, 5) is 28.4. The van der Waals surface area contributed by atoms with Crippen LogP contribution in [0.1, 0.15) is 11.1 Å². The number of amidine groups is 1. The van der Waals surface area contributed by atoms with E-state index in [0.717, 1.165) is 11.1 Å². The zero-order valence-corrected chi connectivity index (χ0v) is 16.3. The molecule has 1 amide bonds. The highest BCUT2D eigenvalue weighted by atomic mass is 32.2. The Labute approximate surface area is 161 Å². The first-order valence-electron chi connectivity index (χ1n) is 8.34. The minimum atomic E-state index is -3.11. The minimum Gasteiger partial charge on any atom is -0.480 e. The van der Waals surface area contributed by atoms with Crippen molar-refractivity contribution in [3.8, 4) is 0 Å². The number of nitrogens with zero attached hydrogens (tertiary/aromatic N) is 2. The van der Waals surface area contributed by atoms with Gasteiger partial charge in [-0.1, -0.05) is 41.6 Å². The Hall–Kier alpha value is -1.91. The van der Waals surface area contributed by atoms with E-state index >= 15 is 0 Å². The first-order chi connectivity index (χ1) is 12.7. The topological polar surface area (TPSA) is 113 Å². The van der Waals surface area contributed by atoms with Gasteiger partial charge in [-0.15, -0.1) is 0 Å². The van der Waals surface area contributed by atoms with E-state index in [1.165, 1.54) is 11.8 Å². The summed E-state index contributed by atoms with van der Waals surface area (Å²) in [5.41, 5.74) is 2.11. The van der Waals surface area contributed by atoms with E-state index in [-0.39, 0.29) is 22.8 Å². The van der Waals surface area contributed by atoms with Gasteiger partial charge in [0.2, 0.25) is 0 Å². The molecule has 1 N–H and O–H groups in total. The van der Waals surface area contributed by atoms with Gasteiger partial charge in [-0.05, 0) is 12.5 Å². The molecule has 2 fully saturated rings. The highest BCUT2D eigenvalue weighted by Gasteiger charge is 2.48.